The minimum Gasteiger partial charge on any atom is -0.507 e. The smallest absolute Gasteiger partial charge is 0.367 e. The van der Waals surface area contributed by atoms with Crippen molar-refractivity contribution in [3.63, 3.8) is 0 Å². The van der Waals surface area contributed by atoms with E-state index in [1.807, 2.05) is 0 Å². The van der Waals surface area contributed by atoms with Gasteiger partial charge in [0.2, 0.25) is 11.4 Å². The largest absolute Gasteiger partial charge is 0.507 e. The Balaban J connectivity index is 1.67. The summed E-state index contributed by atoms with van der Waals surface area (Å²) in [5.74, 6) is -3.41. The number of Topliss-reactive ketones (excluding diaryl/α,β-unsaturated/α-hetero) is 1. The molecule has 0 radical (unpaired) electrons. The summed E-state index contributed by atoms with van der Waals surface area (Å²) in [5.41, 5.74) is 3.30. The molecule has 36 heavy (non-hydrogen) atoms. The molecule has 12 heteroatoms. The van der Waals surface area contributed by atoms with Crippen molar-refractivity contribution in [2.24, 2.45) is 16.8 Å². The molecule has 1 spiro atoms. The van der Waals surface area contributed by atoms with E-state index in [1.54, 1.807) is 6.92 Å². The molecule has 4 rings (SSSR count). The molecule has 1 unspecified atom stereocenters. The van der Waals surface area contributed by atoms with Gasteiger partial charge < -0.3 is 34.6 Å². The number of fused-ring (bicyclic) bond motifs is 1. The number of nitrogens with two attached hydrogens (primary N) is 1. The molecular formula is C24H27ClN2O9. The number of carbonyl (C=O) groups is 3. The molecule has 3 atom stereocenters. The Bertz CT molecular complexity index is 1140. The fourth-order valence-electron chi connectivity index (χ4n) is 4.42. The van der Waals surface area contributed by atoms with Gasteiger partial charge in [0.15, 0.2) is 17.8 Å². The lowest BCUT2D eigenvalue weighted by molar-refractivity contribution is -0.165. The first-order chi connectivity index (χ1) is 17.1. The van der Waals surface area contributed by atoms with Crippen LogP contribution in [0.1, 0.15) is 60.2 Å². The van der Waals surface area contributed by atoms with Crippen molar-refractivity contribution in [1.29, 1.82) is 0 Å². The zero-order chi connectivity index (χ0) is 26.0. The molecule has 11 nitrogen and oxygen atoms in total. The first kappa shape index (κ1) is 25.9. The van der Waals surface area contributed by atoms with Crippen molar-refractivity contribution >= 4 is 35.0 Å². The summed E-state index contributed by atoms with van der Waals surface area (Å²) in [5, 5.41) is 13.9. The Hall–Kier alpha value is -3.15. The van der Waals surface area contributed by atoms with E-state index < -0.39 is 29.0 Å². The highest BCUT2D eigenvalue weighted by Gasteiger charge is 2.59. The monoisotopic (exact) mass is 522 g/mol. The number of nitrogens with zero attached hydrogens (tertiary/aromatic N) is 1. The van der Waals surface area contributed by atoms with E-state index in [0.717, 1.165) is 25.3 Å². The standard InChI is InChI=1S/C24H27ClN2O9/c1-12-9-14(28)10-17(29)24(12)22(30)19-16(32-7-8-34-18-5-3-4-6-33-18)11-15(20(25)21(19)35-24)23(31)36-27-13(2)26/h10-12,18,29H,3-9H2,1-2H3,(H2,26,27)/t12-,18?,24+/m1/s1. The third-order valence-corrected chi connectivity index (χ3v) is 6.54. The van der Waals surface area contributed by atoms with E-state index in [0.29, 0.717) is 6.61 Å². The van der Waals surface area contributed by atoms with Crippen LogP contribution in [0.4, 0.5) is 0 Å². The maximum absolute atomic E-state index is 13.7. The molecule has 1 aromatic carbocycles. The predicted molar refractivity (Wildman–Crippen MR) is 126 cm³/mol. The zero-order valence-corrected chi connectivity index (χ0v) is 20.6. The van der Waals surface area contributed by atoms with Gasteiger partial charge in [-0.3, -0.25) is 9.59 Å². The van der Waals surface area contributed by atoms with E-state index >= 15 is 0 Å². The highest BCUT2D eigenvalue weighted by Crippen LogP contribution is 2.52. The van der Waals surface area contributed by atoms with Gasteiger partial charge in [0, 0.05) is 25.0 Å². The van der Waals surface area contributed by atoms with E-state index in [2.05, 4.69) is 5.16 Å². The van der Waals surface area contributed by atoms with Crippen LogP contribution in [0.15, 0.2) is 23.1 Å². The summed E-state index contributed by atoms with van der Waals surface area (Å²) in [7, 11) is 0. The summed E-state index contributed by atoms with van der Waals surface area (Å²) >= 11 is 6.47. The number of allylic oxidation sites excluding steroid dienone is 1. The van der Waals surface area contributed by atoms with Gasteiger partial charge in [0.05, 0.1) is 17.2 Å². The predicted octanol–water partition coefficient (Wildman–Crippen LogP) is 3.08. The fourth-order valence-corrected chi connectivity index (χ4v) is 4.69. The molecule has 0 bridgehead atoms. The molecule has 3 aliphatic rings. The number of aliphatic hydroxyl groups excluding tert-OH is 1. The zero-order valence-electron chi connectivity index (χ0n) is 19.9. The molecule has 1 aromatic rings. The molecule has 0 amide bonds. The maximum Gasteiger partial charge on any atom is 0.367 e. The summed E-state index contributed by atoms with van der Waals surface area (Å²) in [6, 6.07) is 1.24. The van der Waals surface area contributed by atoms with Crippen molar-refractivity contribution in [1.82, 2.24) is 0 Å². The number of amidine groups is 1. The number of ether oxygens (including phenoxy) is 4. The summed E-state index contributed by atoms with van der Waals surface area (Å²) < 4.78 is 23.0. The van der Waals surface area contributed by atoms with E-state index in [4.69, 9.17) is 41.1 Å². The lowest BCUT2D eigenvalue weighted by atomic mass is 9.75. The Labute approximate surface area is 212 Å². The molecule has 1 aliphatic carbocycles. The number of oxime groups is 1. The normalized spacial score (nSPS) is 25.9. The van der Waals surface area contributed by atoms with Crippen LogP contribution in [-0.4, -0.2) is 60.2 Å². The van der Waals surface area contributed by atoms with Gasteiger partial charge >= 0.3 is 5.97 Å². The van der Waals surface area contributed by atoms with Gasteiger partial charge in [-0.2, -0.15) is 0 Å². The minimum atomic E-state index is -1.88. The van der Waals surface area contributed by atoms with Crippen molar-refractivity contribution in [3.05, 3.63) is 34.1 Å². The molecule has 2 aliphatic heterocycles. The van der Waals surface area contributed by atoms with E-state index in [9.17, 15) is 19.5 Å². The Morgan fingerprint density at radius 1 is 1.33 bits per heavy atom. The molecule has 2 heterocycles. The van der Waals surface area contributed by atoms with Crippen LogP contribution in [0.3, 0.4) is 0 Å². The van der Waals surface area contributed by atoms with Crippen LogP contribution in [0, 0.1) is 5.92 Å². The van der Waals surface area contributed by atoms with Gasteiger partial charge in [-0.05, 0) is 32.3 Å². The molecule has 1 fully saturated rings. The highest BCUT2D eigenvalue weighted by molar-refractivity contribution is 6.36. The topological polar surface area (TPSA) is 156 Å². The number of aliphatic hydroxyl groups is 1. The van der Waals surface area contributed by atoms with Crippen LogP contribution in [-0.2, 0) is 19.1 Å². The number of ketones is 2. The van der Waals surface area contributed by atoms with Crippen LogP contribution < -0.4 is 15.2 Å². The van der Waals surface area contributed by atoms with Crippen LogP contribution in [0.2, 0.25) is 5.02 Å². The van der Waals surface area contributed by atoms with Crippen LogP contribution >= 0.6 is 11.6 Å². The summed E-state index contributed by atoms with van der Waals surface area (Å²) in [6.07, 6.45) is 3.34. The number of rotatable bonds is 7. The maximum atomic E-state index is 13.7. The highest BCUT2D eigenvalue weighted by atomic mass is 35.5. The van der Waals surface area contributed by atoms with Gasteiger partial charge in [-0.15, -0.1) is 0 Å². The van der Waals surface area contributed by atoms with Crippen molar-refractivity contribution in [2.45, 2.75) is 51.4 Å². The first-order valence-corrected chi connectivity index (χ1v) is 11.9. The van der Waals surface area contributed by atoms with Crippen molar-refractivity contribution in [3.8, 4) is 11.5 Å². The molecule has 194 valence electrons. The minimum absolute atomic E-state index is 0.000300. The number of carbonyl (C=O) groups excluding carboxylic acids is 3. The summed E-state index contributed by atoms with van der Waals surface area (Å²) in [6.45, 7) is 3.81. The number of halogens is 1. The van der Waals surface area contributed by atoms with Crippen molar-refractivity contribution in [2.75, 3.05) is 19.8 Å². The molecule has 0 aromatic heterocycles. The Morgan fingerprint density at radius 2 is 2.11 bits per heavy atom. The van der Waals surface area contributed by atoms with Crippen molar-refractivity contribution < 1.29 is 43.3 Å². The number of hydrogen-bond acceptors (Lipinski definition) is 10. The quantitative estimate of drug-likeness (QED) is 0.179. The Morgan fingerprint density at radius 3 is 2.78 bits per heavy atom. The third-order valence-electron chi connectivity index (χ3n) is 6.17. The second-order valence-electron chi connectivity index (χ2n) is 8.84. The molecule has 1 saturated heterocycles. The third kappa shape index (κ3) is 4.78. The Kier molecular flexibility index (Phi) is 7.53. The fraction of sp³-hybridized carbons (Fsp3) is 0.500. The average Bonchev–Trinajstić information content (AvgIpc) is 3.15. The lowest BCUT2D eigenvalue weighted by Crippen LogP contribution is -2.51. The van der Waals surface area contributed by atoms with Gasteiger partial charge in [0.1, 0.15) is 29.5 Å². The van der Waals surface area contributed by atoms with Crippen LogP contribution in [0.25, 0.3) is 0 Å². The first-order valence-electron chi connectivity index (χ1n) is 11.6. The second-order valence-corrected chi connectivity index (χ2v) is 9.21. The van der Waals surface area contributed by atoms with Gasteiger partial charge in [-0.25, -0.2) is 4.79 Å². The molecular weight excluding hydrogens is 496 g/mol. The number of benzene rings is 1. The summed E-state index contributed by atoms with van der Waals surface area (Å²) in [4.78, 5) is 43.1. The second kappa shape index (κ2) is 10.5. The van der Waals surface area contributed by atoms with Gasteiger partial charge in [0.25, 0.3) is 0 Å². The average molecular weight is 523 g/mol. The van der Waals surface area contributed by atoms with E-state index in [1.165, 1.54) is 13.0 Å². The lowest BCUT2D eigenvalue weighted by Gasteiger charge is -2.34. The number of hydrogen-bond donors (Lipinski definition) is 2. The van der Waals surface area contributed by atoms with Gasteiger partial charge in [-0.1, -0.05) is 23.7 Å². The van der Waals surface area contributed by atoms with Crippen LogP contribution in [0.5, 0.6) is 11.5 Å². The van der Waals surface area contributed by atoms with E-state index in [-0.39, 0.29) is 65.2 Å². The SMILES string of the molecule is C/C(N)=N/OC(=O)c1cc(OCCOC2CCCCO2)c2c(c1Cl)O[C@]1(C2=O)C(O)=CC(=O)C[C@H]1C. The molecule has 0 saturated carbocycles. The molecule has 3 N–H and O–H groups in total.